The molecule has 2 heterocycles. The number of hydrogen-bond donors (Lipinski definition) is 4. The summed E-state index contributed by atoms with van der Waals surface area (Å²) >= 11 is 4.39. The molecule has 0 bridgehead atoms. The number of anilines is 3. The summed E-state index contributed by atoms with van der Waals surface area (Å²) in [6, 6.07) is 11.1. The van der Waals surface area contributed by atoms with E-state index in [1.807, 2.05) is 11.8 Å². The Labute approximate surface area is 249 Å². The lowest BCUT2D eigenvalue weighted by atomic mass is 10.1. The number of ketones is 1. The van der Waals surface area contributed by atoms with Crippen LogP contribution in [0.3, 0.4) is 0 Å². The highest BCUT2D eigenvalue weighted by molar-refractivity contribution is 7.80. The van der Waals surface area contributed by atoms with Gasteiger partial charge < -0.3 is 30.9 Å². The van der Waals surface area contributed by atoms with Crippen LogP contribution in [0.1, 0.15) is 36.5 Å². The molecular weight excluding hydrogens is 563 g/mol. The van der Waals surface area contributed by atoms with E-state index in [0.717, 1.165) is 6.42 Å². The Bertz CT molecular complexity index is 1290. The fourth-order valence-corrected chi connectivity index (χ4v) is 4.95. The molecule has 2 atom stereocenters. The number of ether oxygens (including phenoxy) is 1. The number of nitrogens with two attached hydrogens (primary N) is 1. The molecule has 0 radical (unpaired) electrons. The average Bonchev–Trinajstić information content (AvgIpc) is 3.38. The SMILES string of the molecule is CC[C@H](S)NC[C@H]1CN(c2ccc(N3CCN(C(=O)CCC(=O)c4ccc(NC(=O)CN)cc4)CC3)c(F)c2)C(=O)O1. The smallest absolute Gasteiger partial charge is 0.414 e. The van der Waals surface area contributed by atoms with Gasteiger partial charge in [-0.2, -0.15) is 12.6 Å². The number of benzene rings is 2. The van der Waals surface area contributed by atoms with Crippen molar-refractivity contribution in [2.24, 2.45) is 5.73 Å². The number of piperazine rings is 1. The molecule has 4 rings (SSSR count). The summed E-state index contributed by atoms with van der Waals surface area (Å²) in [6.07, 6.45) is 0.104. The zero-order valence-electron chi connectivity index (χ0n) is 23.6. The molecule has 0 saturated carbocycles. The second-order valence-corrected chi connectivity index (χ2v) is 10.8. The third-order valence-electron chi connectivity index (χ3n) is 7.30. The number of halogens is 1. The average molecular weight is 601 g/mol. The maximum atomic E-state index is 15.2. The summed E-state index contributed by atoms with van der Waals surface area (Å²) in [6.45, 7) is 4.33. The number of Topliss-reactive ketones (excluding diaryl/α,β-unsaturated/α-hetero) is 1. The summed E-state index contributed by atoms with van der Waals surface area (Å²) in [5.74, 6) is -1.09. The van der Waals surface area contributed by atoms with Gasteiger partial charge in [-0.05, 0) is 48.9 Å². The molecule has 2 aromatic carbocycles. The predicted molar refractivity (Wildman–Crippen MR) is 162 cm³/mol. The monoisotopic (exact) mass is 600 g/mol. The molecule has 13 heteroatoms. The Hall–Kier alpha value is -3.68. The van der Waals surface area contributed by atoms with Gasteiger partial charge in [-0.15, -0.1) is 0 Å². The molecule has 0 aliphatic carbocycles. The molecule has 0 spiro atoms. The molecule has 2 aromatic rings. The van der Waals surface area contributed by atoms with E-state index in [1.54, 1.807) is 41.3 Å². The fraction of sp³-hybridized carbons (Fsp3) is 0.448. The lowest BCUT2D eigenvalue weighted by Crippen LogP contribution is -2.49. The first-order chi connectivity index (χ1) is 20.2. The largest absolute Gasteiger partial charge is 0.443 e. The minimum absolute atomic E-state index is 0.00965. The molecule has 2 aliphatic rings. The van der Waals surface area contributed by atoms with E-state index in [-0.39, 0.29) is 48.5 Å². The quantitative estimate of drug-likeness (QED) is 0.166. The summed E-state index contributed by atoms with van der Waals surface area (Å²) in [5.41, 5.74) is 7.10. The van der Waals surface area contributed by atoms with E-state index in [9.17, 15) is 19.2 Å². The molecular formula is C29H37FN6O5S. The summed E-state index contributed by atoms with van der Waals surface area (Å²) in [5, 5.41) is 5.81. The maximum absolute atomic E-state index is 15.2. The van der Waals surface area contributed by atoms with Crippen molar-refractivity contribution in [1.82, 2.24) is 10.2 Å². The van der Waals surface area contributed by atoms with Crippen molar-refractivity contribution >= 4 is 53.4 Å². The number of amides is 3. The van der Waals surface area contributed by atoms with Crippen LogP contribution in [-0.2, 0) is 14.3 Å². The van der Waals surface area contributed by atoms with E-state index in [4.69, 9.17) is 10.5 Å². The van der Waals surface area contributed by atoms with Crippen molar-refractivity contribution < 1.29 is 28.3 Å². The number of carbonyl (C=O) groups is 4. The van der Waals surface area contributed by atoms with Crippen molar-refractivity contribution in [3.63, 3.8) is 0 Å². The molecule has 2 fully saturated rings. The Balaban J connectivity index is 1.24. The van der Waals surface area contributed by atoms with Gasteiger partial charge in [0.15, 0.2) is 5.78 Å². The minimum atomic E-state index is -0.514. The molecule has 42 heavy (non-hydrogen) atoms. The first-order valence-corrected chi connectivity index (χ1v) is 14.5. The summed E-state index contributed by atoms with van der Waals surface area (Å²) in [4.78, 5) is 54.1. The molecule has 4 N–H and O–H groups in total. The topological polar surface area (TPSA) is 137 Å². The van der Waals surface area contributed by atoms with Gasteiger partial charge in [-0.25, -0.2) is 9.18 Å². The van der Waals surface area contributed by atoms with E-state index >= 15 is 4.39 Å². The van der Waals surface area contributed by atoms with Crippen LogP contribution in [0.4, 0.5) is 26.2 Å². The van der Waals surface area contributed by atoms with E-state index in [2.05, 4.69) is 23.3 Å². The van der Waals surface area contributed by atoms with Crippen molar-refractivity contribution in [3.05, 3.63) is 53.8 Å². The number of rotatable bonds is 12. The number of cyclic esters (lactones) is 1. The molecule has 3 amide bonds. The van der Waals surface area contributed by atoms with E-state index in [0.29, 0.717) is 61.9 Å². The highest BCUT2D eigenvalue weighted by Crippen LogP contribution is 2.29. The van der Waals surface area contributed by atoms with Gasteiger partial charge in [-0.1, -0.05) is 6.92 Å². The van der Waals surface area contributed by atoms with Crippen molar-refractivity contribution in [2.75, 3.05) is 60.9 Å². The first-order valence-electron chi connectivity index (χ1n) is 14.0. The van der Waals surface area contributed by atoms with Crippen molar-refractivity contribution in [3.8, 4) is 0 Å². The Morgan fingerprint density at radius 3 is 2.45 bits per heavy atom. The molecule has 0 unspecified atom stereocenters. The highest BCUT2D eigenvalue weighted by Gasteiger charge is 2.33. The zero-order valence-corrected chi connectivity index (χ0v) is 24.4. The van der Waals surface area contributed by atoms with Crippen LogP contribution in [0.5, 0.6) is 0 Å². The highest BCUT2D eigenvalue weighted by atomic mass is 32.1. The lowest BCUT2D eigenvalue weighted by Gasteiger charge is -2.36. The lowest BCUT2D eigenvalue weighted by molar-refractivity contribution is -0.131. The number of nitrogens with zero attached hydrogens (tertiary/aromatic N) is 3. The fourth-order valence-electron chi connectivity index (χ4n) is 4.84. The minimum Gasteiger partial charge on any atom is -0.443 e. The van der Waals surface area contributed by atoms with Crippen LogP contribution >= 0.6 is 12.6 Å². The van der Waals surface area contributed by atoms with Crippen LogP contribution in [0.25, 0.3) is 0 Å². The first kappa shape index (κ1) is 31.3. The van der Waals surface area contributed by atoms with Gasteiger partial charge in [0, 0.05) is 56.8 Å². The Morgan fingerprint density at radius 1 is 1.10 bits per heavy atom. The van der Waals surface area contributed by atoms with Crippen LogP contribution in [0.15, 0.2) is 42.5 Å². The van der Waals surface area contributed by atoms with Crippen molar-refractivity contribution in [2.45, 2.75) is 37.7 Å². The predicted octanol–water partition coefficient (Wildman–Crippen LogP) is 2.62. The van der Waals surface area contributed by atoms with Gasteiger partial charge in [-0.3, -0.25) is 19.3 Å². The second kappa shape index (κ2) is 14.5. The molecule has 2 aliphatic heterocycles. The zero-order chi connectivity index (χ0) is 30.2. The van der Waals surface area contributed by atoms with Crippen LogP contribution in [-0.4, -0.2) is 85.9 Å². The van der Waals surface area contributed by atoms with Gasteiger partial charge in [0.2, 0.25) is 11.8 Å². The summed E-state index contributed by atoms with van der Waals surface area (Å²) in [7, 11) is 0. The number of nitrogens with one attached hydrogen (secondary N) is 2. The van der Waals surface area contributed by atoms with E-state index in [1.165, 1.54) is 11.0 Å². The van der Waals surface area contributed by atoms with Crippen LogP contribution < -0.4 is 26.2 Å². The molecule has 226 valence electrons. The standard InChI is InChI=1S/C29H37FN6O5S/c1-2-27(42)32-17-22-18-36(29(40)41-22)21-7-8-24(23(30)15-21)34-11-13-35(14-12-34)28(39)10-9-25(37)19-3-5-20(6-4-19)33-26(38)16-31/h3-8,15,22,27,32,42H,2,9-14,16-18,31H2,1H3,(H,33,38)/t22-,27-/m0/s1. The van der Waals surface area contributed by atoms with Crippen LogP contribution in [0.2, 0.25) is 0 Å². The number of thiol groups is 1. The van der Waals surface area contributed by atoms with Crippen molar-refractivity contribution in [1.29, 1.82) is 0 Å². The Morgan fingerprint density at radius 2 is 1.81 bits per heavy atom. The second-order valence-electron chi connectivity index (χ2n) is 10.2. The van der Waals surface area contributed by atoms with E-state index < -0.39 is 11.9 Å². The van der Waals surface area contributed by atoms with Gasteiger partial charge in [0.25, 0.3) is 0 Å². The third-order valence-corrected chi connectivity index (χ3v) is 7.85. The third kappa shape index (κ3) is 7.99. The van der Waals surface area contributed by atoms with Crippen LogP contribution in [0, 0.1) is 5.82 Å². The number of carbonyl (C=O) groups excluding carboxylic acids is 4. The molecule has 2 saturated heterocycles. The summed E-state index contributed by atoms with van der Waals surface area (Å²) < 4.78 is 20.6. The van der Waals surface area contributed by atoms with Gasteiger partial charge in [0.05, 0.1) is 29.8 Å². The molecule has 0 aromatic heterocycles. The normalized spacial score (nSPS) is 17.7. The molecule has 11 nitrogen and oxygen atoms in total. The Kier molecular flexibility index (Phi) is 10.8. The number of hydrogen-bond acceptors (Lipinski definition) is 9. The van der Waals surface area contributed by atoms with Gasteiger partial charge >= 0.3 is 6.09 Å². The maximum Gasteiger partial charge on any atom is 0.414 e. The van der Waals surface area contributed by atoms with Gasteiger partial charge in [0.1, 0.15) is 11.9 Å².